The minimum absolute atomic E-state index is 0.277. The van der Waals surface area contributed by atoms with Gasteiger partial charge in [0.15, 0.2) is 0 Å². The minimum Gasteiger partial charge on any atom is -0.493 e. The van der Waals surface area contributed by atoms with Crippen LogP contribution in [0, 0.1) is 0 Å². The average Bonchev–Trinajstić information content (AvgIpc) is 2.90. The fourth-order valence-corrected chi connectivity index (χ4v) is 3.58. The molecule has 0 aliphatic carbocycles. The minimum atomic E-state index is -0.685. The molecule has 0 aromatic heterocycles. The van der Waals surface area contributed by atoms with Crippen molar-refractivity contribution in [3.05, 3.63) is 29.8 Å². The Balaban J connectivity index is 1.64. The van der Waals surface area contributed by atoms with E-state index in [0.717, 1.165) is 38.3 Å². The second-order valence-electron chi connectivity index (χ2n) is 6.12. The Morgan fingerprint density at radius 2 is 2.19 bits per heavy atom. The molecule has 1 saturated heterocycles. The summed E-state index contributed by atoms with van der Waals surface area (Å²) >= 11 is 0. The Hall–Kier alpha value is -1.55. The van der Waals surface area contributed by atoms with Crippen LogP contribution >= 0.6 is 0 Å². The first-order chi connectivity index (χ1) is 10.2. The van der Waals surface area contributed by atoms with Gasteiger partial charge < -0.3 is 9.84 Å². The lowest BCUT2D eigenvalue weighted by Gasteiger charge is -2.37. The van der Waals surface area contributed by atoms with Gasteiger partial charge in [0.1, 0.15) is 5.75 Å². The Bertz CT molecular complexity index is 503. The second kappa shape index (κ2) is 6.48. The maximum Gasteiger partial charge on any atom is 0.303 e. The molecule has 0 spiro atoms. The Morgan fingerprint density at radius 1 is 1.33 bits per heavy atom. The maximum atomic E-state index is 10.8. The average molecular weight is 289 g/mol. The molecule has 4 nitrogen and oxygen atoms in total. The lowest BCUT2D eigenvalue weighted by molar-refractivity contribution is -0.137. The third-order valence-electron chi connectivity index (χ3n) is 4.69. The van der Waals surface area contributed by atoms with Gasteiger partial charge in [-0.3, -0.25) is 9.69 Å². The normalized spacial score (nSPS) is 25.3. The lowest BCUT2D eigenvalue weighted by atomic mass is 9.94. The summed E-state index contributed by atoms with van der Waals surface area (Å²) in [5, 5.41) is 8.91. The van der Waals surface area contributed by atoms with Crippen molar-refractivity contribution < 1.29 is 14.6 Å². The number of aliphatic carboxylic acids is 1. The van der Waals surface area contributed by atoms with Crippen molar-refractivity contribution in [2.24, 2.45) is 0 Å². The number of fused-ring (bicyclic) bond motifs is 1. The third kappa shape index (κ3) is 3.38. The quantitative estimate of drug-likeness (QED) is 0.905. The van der Waals surface area contributed by atoms with Crippen molar-refractivity contribution in [1.82, 2.24) is 4.90 Å². The number of para-hydroxylation sites is 1. The molecular formula is C17H23NO3. The molecule has 4 heteroatoms. The first-order valence-corrected chi connectivity index (χ1v) is 7.91. The predicted octanol–water partition coefficient (Wildman–Crippen LogP) is 2.88. The number of benzene rings is 1. The molecule has 2 aliphatic rings. The number of nitrogens with zero attached hydrogens (tertiary/aromatic N) is 1. The largest absolute Gasteiger partial charge is 0.493 e. The van der Waals surface area contributed by atoms with Gasteiger partial charge in [-0.1, -0.05) is 24.6 Å². The fourth-order valence-electron chi connectivity index (χ4n) is 3.58. The molecule has 3 rings (SSSR count). The van der Waals surface area contributed by atoms with Gasteiger partial charge in [-0.25, -0.2) is 0 Å². The van der Waals surface area contributed by atoms with Gasteiger partial charge in [0.25, 0.3) is 0 Å². The standard InChI is InChI=1S/C17H23NO3/c19-17(20)9-8-14-5-3-4-10-18(14)11-13-12-21-16-7-2-1-6-15(13)16/h1-2,6-7,13-14H,3-5,8-12H2,(H,19,20). The van der Waals surface area contributed by atoms with E-state index < -0.39 is 5.97 Å². The van der Waals surface area contributed by atoms with Crippen LogP contribution in [-0.4, -0.2) is 41.7 Å². The Kier molecular flexibility index (Phi) is 4.44. The number of carbonyl (C=O) groups is 1. The summed E-state index contributed by atoms with van der Waals surface area (Å²) in [7, 11) is 0. The number of piperidine rings is 1. The van der Waals surface area contributed by atoms with Crippen LogP contribution in [0.4, 0.5) is 0 Å². The van der Waals surface area contributed by atoms with Crippen LogP contribution < -0.4 is 4.74 Å². The highest BCUT2D eigenvalue weighted by molar-refractivity contribution is 5.66. The van der Waals surface area contributed by atoms with E-state index in [1.54, 1.807) is 0 Å². The Labute approximate surface area is 125 Å². The molecule has 2 unspecified atom stereocenters. The molecule has 114 valence electrons. The van der Waals surface area contributed by atoms with E-state index in [0.29, 0.717) is 12.0 Å². The summed E-state index contributed by atoms with van der Waals surface area (Å²) in [5.74, 6) is 0.753. The number of likely N-dealkylation sites (tertiary alicyclic amines) is 1. The highest BCUT2D eigenvalue weighted by Crippen LogP contribution is 2.35. The van der Waals surface area contributed by atoms with Crippen molar-refractivity contribution in [3.63, 3.8) is 0 Å². The van der Waals surface area contributed by atoms with E-state index >= 15 is 0 Å². The summed E-state index contributed by atoms with van der Waals surface area (Å²) in [6.45, 7) is 2.83. The van der Waals surface area contributed by atoms with Crippen LogP contribution in [-0.2, 0) is 4.79 Å². The summed E-state index contributed by atoms with van der Waals surface area (Å²) in [6, 6.07) is 8.69. The van der Waals surface area contributed by atoms with Crippen LogP contribution in [0.1, 0.15) is 43.6 Å². The fraction of sp³-hybridized carbons (Fsp3) is 0.588. The SMILES string of the molecule is O=C(O)CCC1CCCCN1CC1COc2ccccc21. The number of carboxylic acid groups (broad SMARTS) is 1. The lowest BCUT2D eigenvalue weighted by Crippen LogP contribution is -2.42. The highest BCUT2D eigenvalue weighted by Gasteiger charge is 2.30. The smallest absolute Gasteiger partial charge is 0.303 e. The van der Waals surface area contributed by atoms with E-state index in [-0.39, 0.29) is 6.42 Å². The van der Waals surface area contributed by atoms with Gasteiger partial charge >= 0.3 is 5.97 Å². The van der Waals surface area contributed by atoms with Gasteiger partial charge in [0.05, 0.1) is 6.61 Å². The first kappa shape index (κ1) is 14.4. The van der Waals surface area contributed by atoms with Crippen LogP contribution in [0.15, 0.2) is 24.3 Å². The summed E-state index contributed by atoms with van der Waals surface area (Å²) in [5.41, 5.74) is 1.31. The third-order valence-corrected chi connectivity index (χ3v) is 4.69. The number of hydrogen-bond donors (Lipinski definition) is 1. The van der Waals surface area contributed by atoms with Crippen molar-refractivity contribution in [1.29, 1.82) is 0 Å². The molecule has 2 atom stereocenters. The van der Waals surface area contributed by atoms with Crippen LogP contribution in [0.3, 0.4) is 0 Å². The molecule has 2 aliphatic heterocycles. The topological polar surface area (TPSA) is 49.8 Å². The van der Waals surface area contributed by atoms with Crippen molar-refractivity contribution >= 4 is 5.97 Å². The molecule has 1 aromatic rings. The van der Waals surface area contributed by atoms with Crippen LogP contribution in [0.5, 0.6) is 5.75 Å². The zero-order valence-corrected chi connectivity index (χ0v) is 12.3. The Morgan fingerprint density at radius 3 is 3.05 bits per heavy atom. The van der Waals surface area contributed by atoms with Crippen molar-refractivity contribution in [3.8, 4) is 5.75 Å². The molecule has 2 heterocycles. The molecule has 0 bridgehead atoms. The predicted molar refractivity (Wildman–Crippen MR) is 80.8 cm³/mol. The van der Waals surface area contributed by atoms with Crippen molar-refractivity contribution in [2.75, 3.05) is 19.7 Å². The van der Waals surface area contributed by atoms with Crippen molar-refractivity contribution in [2.45, 2.75) is 44.1 Å². The molecule has 0 radical (unpaired) electrons. The van der Waals surface area contributed by atoms with E-state index in [1.807, 2.05) is 12.1 Å². The molecule has 0 amide bonds. The highest BCUT2D eigenvalue weighted by atomic mass is 16.5. The number of ether oxygens (including phenoxy) is 1. The summed E-state index contributed by atoms with van der Waals surface area (Å²) in [6.07, 6.45) is 4.61. The molecule has 1 fully saturated rings. The zero-order valence-electron chi connectivity index (χ0n) is 12.3. The van der Waals surface area contributed by atoms with Gasteiger partial charge in [0, 0.05) is 30.5 Å². The van der Waals surface area contributed by atoms with E-state index in [2.05, 4.69) is 17.0 Å². The number of rotatable bonds is 5. The van der Waals surface area contributed by atoms with Gasteiger partial charge in [-0.05, 0) is 31.9 Å². The van der Waals surface area contributed by atoms with Crippen LogP contribution in [0.2, 0.25) is 0 Å². The monoisotopic (exact) mass is 289 g/mol. The number of hydrogen-bond acceptors (Lipinski definition) is 3. The van der Waals surface area contributed by atoms with Gasteiger partial charge in [-0.2, -0.15) is 0 Å². The molecule has 0 saturated carbocycles. The van der Waals surface area contributed by atoms with Crippen LogP contribution in [0.25, 0.3) is 0 Å². The van der Waals surface area contributed by atoms with Gasteiger partial charge in [-0.15, -0.1) is 0 Å². The molecule has 1 aromatic carbocycles. The number of carboxylic acids is 1. The molecular weight excluding hydrogens is 266 g/mol. The van der Waals surface area contributed by atoms with Gasteiger partial charge in [0.2, 0.25) is 0 Å². The zero-order chi connectivity index (χ0) is 14.7. The second-order valence-corrected chi connectivity index (χ2v) is 6.12. The summed E-state index contributed by atoms with van der Waals surface area (Å²) < 4.78 is 5.77. The van der Waals surface area contributed by atoms with E-state index in [9.17, 15) is 4.79 Å². The first-order valence-electron chi connectivity index (χ1n) is 7.91. The summed E-state index contributed by atoms with van der Waals surface area (Å²) in [4.78, 5) is 13.3. The van der Waals surface area contributed by atoms with E-state index in [4.69, 9.17) is 9.84 Å². The maximum absolute atomic E-state index is 10.8. The molecule has 1 N–H and O–H groups in total. The van der Waals surface area contributed by atoms with E-state index in [1.165, 1.54) is 18.4 Å². The molecule has 21 heavy (non-hydrogen) atoms.